The summed E-state index contributed by atoms with van der Waals surface area (Å²) in [7, 11) is 0. The largest absolute Gasteiger partial charge is 0.435 e. The van der Waals surface area contributed by atoms with Crippen molar-refractivity contribution in [3.05, 3.63) is 155 Å². The molecule has 83 heavy (non-hydrogen) atoms. The highest BCUT2D eigenvalue weighted by Crippen LogP contribution is 2.27. The maximum atomic E-state index is 12.7. The smallest absolute Gasteiger partial charge is 0.409 e. The van der Waals surface area contributed by atoms with Gasteiger partial charge in [0, 0.05) is 155 Å². The number of hydrogen-bond acceptors (Lipinski definition) is 17. The molecule has 0 bridgehead atoms. The number of rotatable bonds is 13. The molecule has 4 amide bonds. The van der Waals surface area contributed by atoms with E-state index in [2.05, 4.69) is 55.4 Å². The van der Waals surface area contributed by atoms with Crippen LogP contribution in [0.4, 0.5) is 67.5 Å². The summed E-state index contributed by atoms with van der Waals surface area (Å²) in [5.74, 6) is 1.35. The molecule has 22 nitrogen and oxygen atoms in total. The first-order valence-electron chi connectivity index (χ1n) is 27.3. The number of anilines is 6. The molecule has 2 aromatic heterocycles. The number of amides is 4. The van der Waals surface area contributed by atoms with Gasteiger partial charge in [0.15, 0.2) is 0 Å². The average molecular weight is 1180 g/mol. The van der Waals surface area contributed by atoms with E-state index in [1.807, 2.05) is 49.1 Å². The summed E-state index contributed by atoms with van der Waals surface area (Å²) in [6, 6.07) is 28.5. The standard InChI is InChI=1S/C25H26F2N6O3.C18H16F2N4O.C7H4ClNO4.C6H12N2O.2H2/c1-16-3-6-20(13-22(16)31-25(35)33-11-9-32(10-12-33)17(2)34)30-24-28-14-19(15-29-24)18-4-7-21(8-5-18)36-23(26)27;1-11-2-5-14(8-16(11)21)24-18-22-9-13(10-23-18)12-3-6-15(7-4-12)25-17(19)20;8-7(10)13-6-3-1-5(2-4-6)9(11)12;1-6(9)8-4-2-7-3-5-8;;/h3-8,13-15,23H,9-12H2,1-2H3,(H,31,35)(H,28,29,30);2-10,17H,21H2,1H3,(H,22,23,24);1-4H;7H,2-5H2,1H3;2*1H/i;;;;2*1+1D. The number of ether oxygens (including phenoxy) is 3. The second-order valence-corrected chi connectivity index (χ2v) is 18.3. The van der Waals surface area contributed by atoms with Gasteiger partial charge in [-0.15, -0.1) is 0 Å². The first kappa shape index (κ1) is 59.4. The lowest BCUT2D eigenvalue weighted by atomic mass is 10.1. The molecule has 440 valence electrons. The number of carbonyl (C=O) groups is 4. The Morgan fingerprint density at radius 1 is 0.627 bits per heavy atom. The first-order valence-corrected chi connectivity index (χ1v) is 25.7. The van der Waals surface area contributed by atoms with Crippen LogP contribution >= 0.6 is 11.6 Å². The number of urea groups is 1. The van der Waals surface area contributed by atoms with E-state index in [0.29, 0.717) is 60.7 Å². The van der Waals surface area contributed by atoms with Gasteiger partial charge in [0.25, 0.3) is 5.69 Å². The van der Waals surface area contributed by atoms with Crippen molar-refractivity contribution < 1.29 is 61.8 Å². The molecular weight excluding hydrogens is 1110 g/mol. The van der Waals surface area contributed by atoms with E-state index in [1.165, 1.54) is 55.5 Å². The lowest BCUT2D eigenvalue weighted by Crippen LogP contribution is -2.51. The second kappa shape index (κ2) is 30.8. The van der Waals surface area contributed by atoms with Gasteiger partial charge in [-0.25, -0.2) is 29.5 Å². The molecule has 0 atom stereocenters. The maximum absolute atomic E-state index is 12.7. The van der Waals surface area contributed by atoms with Gasteiger partial charge in [0.1, 0.15) is 17.2 Å². The van der Waals surface area contributed by atoms with Crippen LogP contribution in [0.15, 0.2) is 134 Å². The third-order valence-electron chi connectivity index (χ3n) is 12.2. The molecule has 0 aliphatic carbocycles. The van der Waals surface area contributed by atoms with Crippen LogP contribution < -0.4 is 41.2 Å². The van der Waals surface area contributed by atoms with E-state index < -0.39 is 23.6 Å². The molecule has 0 unspecified atom stereocenters. The van der Waals surface area contributed by atoms with E-state index in [1.54, 1.807) is 71.8 Å². The zero-order valence-electron chi connectivity index (χ0n) is 49.2. The van der Waals surface area contributed by atoms with Gasteiger partial charge in [-0.1, -0.05) is 36.4 Å². The van der Waals surface area contributed by atoms with Crippen molar-refractivity contribution in [2.75, 3.05) is 74.0 Å². The quantitative estimate of drug-likeness (QED) is 0.0236. The molecule has 0 saturated carbocycles. The Bertz CT molecular complexity index is 3290. The molecule has 2 fully saturated rings. The number of nitro groups is 1. The number of nitrogens with two attached hydrogens (primary N) is 1. The van der Waals surface area contributed by atoms with Crippen molar-refractivity contribution in [3.63, 3.8) is 0 Å². The predicted octanol–water partition coefficient (Wildman–Crippen LogP) is 11.1. The summed E-state index contributed by atoms with van der Waals surface area (Å²) >= 11 is 4.92. The number of alkyl halides is 4. The maximum Gasteiger partial charge on any atom is 0.409 e. The topological polar surface area (TPSA) is 275 Å². The highest BCUT2D eigenvalue weighted by Gasteiger charge is 2.23. The van der Waals surface area contributed by atoms with E-state index in [0.717, 1.165) is 59.7 Å². The van der Waals surface area contributed by atoms with Crippen molar-refractivity contribution in [1.82, 2.24) is 40.0 Å². The Kier molecular flexibility index (Phi) is 22.0. The Morgan fingerprint density at radius 3 is 1.46 bits per heavy atom. The van der Waals surface area contributed by atoms with Gasteiger partial charge < -0.3 is 55.9 Å². The van der Waals surface area contributed by atoms with Crippen molar-refractivity contribution in [2.45, 2.75) is 40.9 Å². The summed E-state index contributed by atoms with van der Waals surface area (Å²) in [5, 5.41) is 22.5. The number of piperazine rings is 2. The Labute approximate surface area is 485 Å². The van der Waals surface area contributed by atoms with Crippen LogP contribution in [0.25, 0.3) is 22.3 Å². The summed E-state index contributed by atoms with van der Waals surface area (Å²) in [4.78, 5) is 77.3. The lowest BCUT2D eigenvalue weighted by molar-refractivity contribution is -0.384. The molecule has 2 aliphatic rings. The Hall–Kier alpha value is -9.69. The molecule has 9 rings (SSSR count). The van der Waals surface area contributed by atoms with Crippen LogP contribution in [-0.2, 0) is 9.59 Å². The molecule has 6 N–H and O–H groups in total. The summed E-state index contributed by atoms with van der Waals surface area (Å²) in [5.41, 5.74) is 12.6. The fraction of sp³-hybridized carbons (Fsp3) is 0.250. The molecule has 7 aromatic rings. The van der Waals surface area contributed by atoms with E-state index in [-0.39, 0.29) is 40.8 Å². The van der Waals surface area contributed by atoms with Gasteiger partial charge in [0.05, 0.1) is 4.92 Å². The van der Waals surface area contributed by atoms with Crippen LogP contribution in [0.3, 0.4) is 0 Å². The van der Waals surface area contributed by atoms with Crippen LogP contribution in [0, 0.1) is 24.0 Å². The van der Waals surface area contributed by atoms with Gasteiger partial charge in [-0.3, -0.25) is 19.7 Å². The second-order valence-electron chi connectivity index (χ2n) is 18.0. The number of nitrogen functional groups attached to an aromatic ring is 1. The lowest BCUT2D eigenvalue weighted by Gasteiger charge is -2.34. The molecule has 2 saturated heterocycles. The summed E-state index contributed by atoms with van der Waals surface area (Å²) < 4.78 is 82.1. The summed E-state index contributed by atoms with van der Waals surface area (Å²) in [6.07, 6.45) is 6.54. The van der Waals surface area contributed by atoms with E-state index >= 15 is 0 Å². The zero-order valence-corrected chi connectivity index (χ0v) is 46.0. The SMILES string of the molecule is CC(=O)N1CCN(C(=O)Nc2cc(Nc3ncc(-c4ccc(OC(F)F)cc4)cn3)ccc2C)CC1.CC(=O)N1CCNCC1.Cc1ccc(Nc2ncc(-c3ccc(OC(F)F)cc3)cn2)cc1N.O=C(Cl)Oc1ccc([N+](=O)[O-])cc1.[2H][2H].[2H][2H]. The average Bonchev–Trinajstić information content (AvgIpc) is 2.75. The monoisotopic (exact) mass is 1180 g/mol. The number of nitrogens with one attached hydrogen (secondary N) is 4. The number of nitrogens with zero attached hydrogens (tertiary/aromatic N) is 8. The number of benzene rings is 5. The Balaban J connectivity index is 0.000000273. The number of nitro benzene ring substituents is 1. The minimum absolute atomic E-state index is 0.0114. The first-order chi connectivity index (χ1) is 41.7. The van der Waals surface area contributed by atoms with Crippen LogP contribution in [0.1, 0.15) is 30.9 Å². The van der Waals surface area contributed by atoms with E-state index in [4.69, 9.17) is 23.3 Å². The fourth-order valence-corrected chi connectivity index (χ4v) is 7.77. The number of non-ortho nitro benzene ring substituents is 1. The minimum atomic E-state index is -2.87. The van der Waals surface area contributed by atoms with Gasteiger partial charge in [0.2, 0.25) is 23.7 Å². The molecule has 4 heterocycles. The molecule has 0 spiro atoms. The molecule has 27 heteroatoms. The van der Waals surface area contributed by atoms with Crippen molar-refractivity contribution in [1.29, 1.82) is 0 Å². The Morgan fingerprint density at radius 2 is 1.05 bits per heavy atom. The van der Waals surface area contributed by atoms with Crippen molar-refractivity contribution >= 4 is 75.2 Å². The zero-order chi connectivity index (χ0) is 64.0. The molecule has 5 aromatic carbocycles. The number of aromatic nitrogens is 4. The molecular formula is C56H62ClF4N13O9. The third-order valence-corrected chi connectivity index (χ3v) is 12.3. The molecule has 0 radical (unpaired) electrons. The van der Waals surface area contributed by atoms with Crippen LogP contribution in [0.2, 0.25) is 0 Å². The predicted molar refractivity (Wildman–Crippen MR) is 309 cm³/mol. The number of halogens is 5. The minimum Gasteiger partial charge on any atom is -0.435 e. The normalized spacial score (nSPS) is 12.9. The van der Waals surface area contributed by atoms with E-state index in [9.17, 15) is 46.9 Å². The molecule has 2 aliphatic heterocycles. The van der Waals surface area contributed by atoms with Gasteiger partial charge in [-0.2, -0.15) is 17.6 Å². The number of aryl methyl sites for hydroxylation is 2. The van der Waals surface area contributed by atoms with Crippen molar-refractivity contribution in [2.24, 2.45) is 0 Å². The number of carbonyl (C=O) groups excluding carboxylic acids is 4. The number of hydrogen-bond donors (Lipinski definition) is 5. The van der Waals surface area contributed by atoms with Crippen molar-refractivity contribution in [3.8, 4) is 39.5 Å². The summed E-state index contributed by atoms with van der Waals surface area (Å²) in [6.45, 7) is 6.89. The van der Waals surface area contributed by atoms with Gasteiger partial charge in [-0.05, 0) is 96.8 Å². The van der Waals surface area contributed by atoms with Gasteiger partial charge >= 0.3 is 24.7 Å². The van der Waals surface area contributed by atoms with Crippen LogP contribution in [0.5, 0.6) is 17.2 Å². The highest BCUT2D eigenvalue weighted by atomic mass is 35.5. The highest BCUT2D eigenvalue weighted by molar-refractivity contribution is 6.61. The van der Waals surface area contributed by atoms with Crippen LogP contribution in [-0.4, -0.2) is 128 Å². The fourth-order valence-electron chi connectivity index (χ4n) is 7.68. The third kappa shape index (κ3) is 20.4.